The number of rotatable bonds is 5. The highest BCUT2D eigenvalue weighted by atomic mass is 19.1. The number of hydrogen-bond acceptors (Lipinski definition) is 3. The van der Waals surface area contributed by atoms with E-state index in [0.717, 1.165) is 30.4 Å². The van der Waals surface area contributed by atoms with Crippen LogP contribution in [0.4, 0.5) is 4.39 Å². The first-order valence-corrected chi connectivity index (χ1v) is 7.65. The van der Waals surface area contributed by atoms with Gasteiger partial charge >= 0.3 is 0 Å². The maximum Gasteiger partial charge on any atom is 0.197 e. The molecule has 0 fully saturated rings. The van der Waals surface area contributed by atoms with Gasteiger partial charge in [0.1, 0.15) is 11.3 Å². The van der Waals surface area contributed by atoms with Crippen molar-refractivity contribution in [1.29, 1.82) is 0 Å². The van der Waals surface area contributed by atoms with Crippen molar-refractivity contribution in [3.8, 4) is 5.75 Å². The maximum absolute atomic E-state index is 13.2. The number of halogens is 1. The van der Waals surface area contributed by atoms with Crippen LogP contribution in [0.1, 0.15) is 41.4 Å². The standard InChI is InChI=1S/C19H17FO3/c1-2-3-7-17-18(13-6-4-5-8-16(13)23-17)19(22)12-9-10-14(20)15(21)11-12/h4-6,8-11,21H,2-3,7H2,1H3. The van der Waals surface area contributed by atoms with Crippen molar-refractivity contribution in [3.05, 3.63) is 65.2 Å². The molecule has 0 spiro atoms. The van der Waals surface area contributed by atoms with Crippen molar-refractivity contribution in [3.63, 3.8) is 0 Å². The molecule has 0 unspecified atom stereocenters. The number of phenols is 1. The molecule has 2 aromatic carbocycles. The highest BCUT2D eigenvalue weighted by molar-refractivity contribution is 6.17. The first-order valence-electron chi connectivity index (χ1n) is 7.65. The second-order valence-electron chi connectivity index (χ2n) is 5.50. The van der Waals surface area contributed by atoms with Gasteiger partial charge in [-0.05, 0) is 30.7 Å². The maximum atomic E-state index is 13.2. The van der Waals surface area contributed by atoms with E-state index in [1.54, 1.807) is 0 Å². The van der Waals surface area contributed by atoms with E-state index >= 15 is 0 Å². The van der Waals surface area contributed by atoms with Crippen LogP contribution in [-0.2, 0) is 6.42 Å². The Balaban J connectivity index is 2.12. The highest BCUT2D eigenvalue weighted by Crippen LogP contribution is 2.30. The average Bonchev–Trinajstić information content (AvgIpc) is 2.93. The fraction of sp³-hybridized carbons (Fsp3) is 0.211. The van der Waals surface area contributed by atoms with E-state index in [0.29, 0.717) is 23.3 Å². The Kier molecular flexibility index (Phi) is 4.15. The minimum atomic E-state index is -0.746. The third kappa shape index (κ3) is 2.84. The zero-order chi connectivity index (χ0) is 16.4. The van der Waals surface area contributed by atoms with Gasteiger partial charge in [0, 0.05) is 17.4 Å². The minimum Gasteiger partial charge on any atom is -0.505 e. The number of carbonyl (C=O) groups excluding carboxylic acids is 1. The van der Waals surface area contributed by atoms with Crippen molar-refractivity contribution >= 4 is 16.8 Å². The van der Waals surface area contributed by atoms with Crippen molar-refractivity contribution in [1.82, 2.24) is 0 Å². The fourth-order valence-electron chi connectivity index (χ4n) is 2.66. The molecule has 0 radical (unpaired) electrons. The molecule has 0 saturated carbocycles. The zero-order valence-electron chi connectivity index (χ0n) is 12.8. The summed E-state index contributed by atoms with van der Waals surface area (Å²) in [6.45, 7) is 2.07. The molecule has 0 aliphatic rings. The number of aryl methyl sites for hydroxylation is 1. The summed E-state index contributed by atoms with van der Waals surface area (Å²) >= 11 is 0. The molecule has 0 aliphatic carbocycles. The SMILES string of the molecule is CCCCc1oc2ccccc2c1C(=O)c1ccc(F)c(O)c1. The molecule has 3 aromatic rings. The lowest BCUT2D eigenvalue weighted by Gasteiger charge is -2.04. The Morgan fingerprint density at radius 3 is 2.74 bits per heavy atom. The summed E-state index contributed by atoms with van der Waals surface area (Å²) in [5.41, 5.74) is 1.40. The van der Waals surface area contributed by atoms with Crippen molar-refractivity contribution in [2.75, 3.05) is 0 Å². The van der Waals surface area contributed by atoms with Gasteiger partial charge < -0.3 is 9.52 Å². The van der Waals surface area contributed by atoms with Gasteiger partial charge in [0.2, 0.25) is 0 Å². The molecule has 0 aliphatic heterocycles. The van der Waals surface area contributed by atoms with Gasteiger partial charge in [0.05, 0.1) is 5.56 Å². The van der Waals surface area contributed by atoms with Crippen LogP contribution in [0, 0.1) is 5.82 Å². The van der Waals surface area contributed by atoms with Crippen molar-refractivity contribution in [2.45, 2.75) is 26.2 Å². The summed E-state index contributed by atoms with van der Waals surface area (Å²) in [6.07, 6.45) is 2.57. The van der Waals surface area contributed by atoms with E-state index < -0.39 is 11.6 Å². The Morgan fingerprint density at radius 2 is 2.00 bits per heavy atom. The molecule has 3 rings (SSSR count). The normalized spacial score (nSPS) is 11.0. The van der Waals surface area contributed by atoms with E-state index in [9.17, 15) is 14.3 Å². The third-order valence-corrected chi connectivity index (χ3v) is 3.86. The molecule has 0 bridgehead atoms. The lowest BCUT2D eigenvalue weighted by molar-refractivity contribution is 0.103. The number of fused-ring (bicyclic) bond motifs is 1. The predicted molar refractivity (Wildman–Crippen MR) is 86.3 cm³/mol. The smallest absolute Gasteiger partial charge is 0.197 e. The quantitative estimate of drug-likeness (QED) is 0.685. The van der Waals surface area contributed by atoms with Gasteiger partial charge in [0.15, 0.2) is 17.3 Å². The van der Waals surface area contributed by atoms with Gasteiger partial charge in [-0.25, -0.2) is 4.39 Å². The van der Waals surface area contributed by atoms with Gasteiger partial charge in [-0.15, -0.1) is 0 Å². The number of phenolic OH excluding ortho intramolecular Hbond substituents is 1. The predicted octanol–water partition coefficient (Wildman–Crippen LogP) is 4.85. The number of hydrogen-bond donors (Lipinski definition) is 1. The second kappa shape index (κ2) is 6.24. The molecule has 0 amide bonds. The van der Waals surface area contributed by atoms with E-state index in [1.165, 1.54) is 6.07 Å². The molecule has 1 N–H and O–H groups in total. The summed E-state index contributed by atoms with van der Waals surface area (Å²) in [6, 6.07) is 11.0. The van der Waals surface area contributed by atoms with Gasteiger partial charge in [-0.3, -0.25) is 4.79 Å². The molecule has 23 heavy (non-hydrogen) atoms. The van der Waals surface area contributed by atoms with Crippen molar-refractivity contribution in [2.24, 2.45) is 0 Å². The third-order valence-electron chi connectivity index (χ3n) is 3.86. The van der Waals surface area contributed by atoms with E-state index in [4.69, 9.17) is 4.42 Å². The number of ketones is 1. The molecule has 1 aromatic heterocycles. The van der Waals surface area contributed by atoms with Gasteiger partial charge in [0.25, 0.3) is 0 Å². The van der Waals surface area contributed by atoms with Crippen LogP contribution >= 0.6 is 0 Å². The Labute approximate surface area is 133 Å². The Morgan fingerprint density at radius 1 is 1.22 bits per heavy atom. The molecule has 3 nitrogen and oxygen atoms in total. The van der Waals surface area contributed by atoms with Crippen LogP contribution in [-0.4, -0.2) is 10.9 Å². The summed E-state index contributed by atoms with van der Waals surface area (Å²) in [7, 11) is 0. The minimum absolute atomic E-state index is 0.244. The highest BCUT2D eigenvalue weighted by Gasteiger charge is 2.22. The number of benzene rings is 2. The van der Waals surface area contributed by atoms with Crippen LogP contribution < -0.4 is 0 Å². The second-order valence-corrected chi connectivity index (χ2v) is 5.50. The van der Waals surface area contributed by atoms with Gasteiger partial charge in [-0.1, -0.05) is 31.5 Å². The lowest BCUT2D eigenvalue weighted by atomic mass is 9.98. The monoisotopic (exact) mass is 312 g/mol. The molecule has 4 heteroatoms. The number of furan rings is 1. The molecule has 0 saturated heterocycles. The number of carbonyl (C=O) groups is 1. The fourth-order valence-corrected chi connectivity index (χ4v) is 2.66. The molecular weight excluding hydrogens is 295 g/mol. The zero-order valence-corrected chi connectivity index (χ0v) is 12.8. The van der Waals surface area contributed by atoms with E-state index in [-0.39, 0.29) is 11.3 Å². The molecular formula is C19H17FO3. The Hall–Kier alpha value is -2.62. The van der Waals surface area contributed by atoms with Crippen LogP contribution in [0.15, 0.2) is 46.9 Å². The summed E-state index contributed by atoms with van der Waals surface area (Å²) in [4.78, 5) is 12.9. The summed E-state index contributed by atoms with van der Waals surface area (Å²) in [5, 5.41) is 10.3. The Bertz CT molecular complexity index is 864. The van der Waals surface area contributed by atoms with E-state index in [2.05, 4.69) is 6.92 Å². The van der Waals surface area contributed by atoms with Crippen LogP contribution in [0.25, 0.3) is 11.0 Å². The molecule has 118 valence electrons. The van der Waals surface area contributed by atoms with Crippen LogP contribution in [0.5, 0.6) is 5.75 Å². The first-order chi connectivity index (χ1) is 11.1. The van der Waals surface area contributed by atoms with Gasteiger partial charge in [-0.2, -0.15) is 0 Å². The number of aromatic hydroxyl groups is 1. The largest absolute Gasteiger partial charge is 0.505 e. The van der Waals surface area contributed by atoms with Crippen molar-refractivity contribution < 1.29 is 18.7 Å². The lowest BCUT2D eigenvalue weighted by Crippen LogP contribution is -2.04. The topological polar surface area (TPSA) is 50.4 Å². The number of unbranched alkanes of at least 4 members (excludes halogenated alkanes) is 1. The summed E-state index contributed by atoms with van der Waals surface area (Å²) < 4.78 is 19.1. The summed E-state index contributed by atoms with van der Waals surface area (Å²) in [5.74, 6) is -0.901. The first kappa shape index (κ1) is 15.3. The van der Waals surface area contributed by atoms with Crippen LogP contribution in [0.2, 0.25) is 0 Å². The number of para-hydroxylation sites is 1. The van der Waals surface area contributed by atoms with Crippen LogP contribution in [0.3, 0.4) is 0 Å². The van der Waals surface area contributed by atoms with E-state index in [1.807, 2.05) is 24.3 Å². The molecule has 1 heterocycles. The molecule has 0 atom stereocenters. The average molecular weight is 312 g/mol.